The van der Waals surface area contributed by atoms with Gasteiger partial charge in [-0.15, -0.1) is 0 Å². The monoisotopic (exact) mass is 303 g/mol. The Balaban J connectivity index is 2.47. The van der Waals surface area contributed by atoms with Crippen molar-refractivity contribution in [1.29, 1.82) is 0 Å². The zero-order chi connectivity index (χ0) is 12.8. The van der Waals surface area contributed by atoms with Gasteiger partial charge in [0.1, 0.15) is 5.82 Å². The minimum absolute atomic E-state index is 0.286. The molecule has 94 valence electrons. The smallest absolute Gasteiger partial charge is 0.251 e. The molecule has 0 aliphatic carbocycles. The Kier molecular flexibility index (Phi) is 5.58. The molecule has 0 bridgehead atoms. The van der Waals surface area contributed by atoms with E-state index < -0.39 is 5.82 Å². The lowest BCUT2D eigenvalue weighted by molar-refractivity contribution is 0.0949. The van der Waals surface area contributed by atoms with E-state index in [-0.39, 0.29) is 17.6 Å². The van der Waals surface area contributed by atoms with Crippen LogP contribution in [0.5, 0.6) is 0 Å². The van der Waals surface area contributed by atoms with Gasteiger partial charge in [-0.3, -0.25) is 4.79 Å². The average molecular weight is 304 g/mol. The molecule has 0 heterocycles. The van der Waals surface area contributed by atoms with Crippen LogP contribution in [-0.4, -0.2) is 23.7 Å². The summed E-state index contributed by atoms with van der Waals surface area (Å²) in [5.74, 6) is -0.760. The predicted molar refractivity (Wildman–Crippen MR) is 67.3 cm³/mol. The summed E-state index contributed by atoms with van der Waals surface area (Å²) in [6.07, 6.45) is 0.961. The summed E-state index contributed by atoms with van der Waals surface area (Å²) in [4.78, 5) is 11.6. The fraction of sp³-hybridized carbons (Fsp3) is 0.417. The van der Waals surface area contributed by atoms with Crippen LogP contribution in [-0.2, 0) is 0 Å². The molecule has 0 saturated carbocycles. The molecular formula is C12H15BrFNO2. The molecule has 0 fully saturated rings. The molecule has 0 aliphatic rings. The molecule has 5 heteroatoms. The van der Waals surface area contributed by atoms with Gasteiger partial charge in [-0.25, -0.2) is 4.39 Å². The van der Waals surface area contributed by atoms with Gasteiger partial charge in [-0.2, -0.15) is 0 Å². The fourth-order valence-corrected chi connectivity index (χ4v) is 1.85. The highest BCUT2D eigenvalue weighted by molar-refractivity contribution is 9.10. The first-order chi connectivity index (χ1) is 7.99. The van der Waals surface area contributed by atoms with Gasteiger partial charge >= 0.3 is 0 Å². The van der Waals surface area contributed by atoms with Crippen LogP contribution in [0.25, 0.3) is 0 Å². The Morgan fingerprint density at radius 2 is 2.24 bits per heavy atom. The van der Waals surface area contributed by atoms with Gasteiger partial charge in [0.2, 0.25) is 0 Å². The number of aliphatic hydroxyl groups is 1. The lowest BCUT2D eigenvalue weighted by atomic mass is 10.2. The summed E-state index contributed by atoms with van der Waals surface area (Å²) >= 11 is 3.13. The molecule has 17 heavy (non-hydrogen) atoms. The minimum atomic E-state index is -0.450. The molecule has 1 amide bonds. The molecule has 1 unspecified atom stereocenters. The predicted octanol–water partition coefficient (Wildman–Crippen LogP) is 2.48. The second kappa shape index (κ2) is 6.71. The molecule has 3 nitrogen and oxygen atoms in total. The highest BCUT2D eigenvalue weighted by Gasteiger charge is 2.07. The first-order valence-corrected chi connectivity index (χ1v) is 6.20. The molecule has 1 rings (SSSR count). The van der Waals surface area contributed by atoms with Gasteiger partial charge in [0.15, 0.2) is 0 Å². The quantitative estimate of drug-likeness (QED) is 0.821. The van der Waals surface area contributed by atoms with E-state index in [2.05, 4.69) is 21.2 Å². The lowest BCUT2D eigenvalue weighted by Gasteiger charge is -2.07. The summed E-state index contributed by atoms with van der Waals surface area (Å²) in [6, 6.07) is 4.05. The number of hydrogen-bond acceptors (Lipinski definition) is 2. The summed E-state index contributed by atoms with van der Waals surface area (Å²) in [6.45, 7) is 2.17. The first kappa shape index (κ1) is 14.1. The highest BCUT2D eigenvalue weighted by Crippen LogP contribution is 2.14. The van der Waals surface area contributed by atoms with E-state index in [1.54, 1.807) is 13.0 Å². The van der Waals surface area contributed by atoms with Crippen LogP contribution in [0.15, 0.2) is 22.7 Å². The van der Waals surface area contributed by atoms with Gasteiger partial charge in [-0.1, -0.05) is 15.9 Å². The number of hydrogen-bond donors (Lipinski definition) is 2. The van der Waals surface area contributed by atoms with Crippen LogP contribution in [0, 0.1) is 5.82 Å². The number of rotatable bonds is 5. The van der Waals surface area contributed by atoms with Gasteiger partial charge in [0.25, 0.3) is 5.91 Å². The van der Waals surface area contributed by atoms with Gasteiger partial charge < -0.3 is 10.4 Å². The minimum Gasteiger partial charge on any atom is -0.393 e. The summed E-state index contributed by atoms with van der Waals surface area (Å²) in [5, 5.41) is 11.7. The first-order valence-electron chi connectivity index (χ1n) is 5.41. The van der Waals surface area contributed by atoms with Crippen molar-refractivity contribution in [2.24, 2.45) is 0 Å². The van der Waals surface area contributed by atoms with Crippen LogP contribution in [0.4, 0.5) is 4.39 Å². The number of benzene rings is 1. The lowest BCUT2D eigenvalue weighted by Crippen LogP contribution is -2.25. The largest absolute Gasteiger partial charge is 0.393 e. The van der Waals surface area contributed by atoms with Crippen molar-refractivity contribution in [3.05, 3.63) is 34.1 Å². The van der Waals surface area contributed by atoms with Crippen molar-refractivity contribution in [2.45, 2.75) is 25.9 Å². The van der Waals surface area contributed by atoms with Crippen molar-refractivity contribution in [3.8, 4) is 0 Å². The van der Waals surface area contributed by atoms with Crippen molar-refractivity contribution in [3.63, 3.8) is 0 Å². The molecular weight excluding hydrogens is 289 g/mol. The normalized spacial score (nSPS) is 12.2. The number of carbonyl (C=O) groups excluding carboxylic acids is 1. The second-order valence-electron chi connectivity index (χ2n) is 3.91. The number of nitrogens with one attached hydrogen (secondary N) is 1. The molecule has 0 aromatic heterocycles. The maximum Gasteiger partial charge on any atom is 0.251 e. The van der Waals surface area contributed by atoms with E-state index in [0.29, 0.717) is 23.9 Å². The van der Waals surface area contributed by atoms with Crippen LogP contribution in [0.3, 0.4) is 0 Å². The molecule has 0 aliphatic heterocycles. The van der Waals surface area contributed by atoms with E-state index >= 15 is 0 Å². The summed E-state index contributed by atoms with van der Waals surface area (Å²) < 4.78 is 13.6. The van der Waals surface area contributed by atoms with Crippen molar-refractivity contribution < 1.29 is 14.3 Å². The van der Waals surface area contributed by atoms with E-state index in [1.165, 1.54) is 12.1 Å². The van der Waals surface area contributed by atoms with Gasteiger partial charge in [-0.05, 0) is 38.0 Å². The van der Waals surface area contributed by atoms with Crippen LogP contribution in [0.2, 0.25) is 0 Å². The number of carbonyl (C=O) groups is 1. The fourth-order valence-electron chi connectivity index (χ4n) is 1.39. The Bertz CT molecular complexity index is 376. The van der Waals surface area contributed by atoms with Crippen molar-refractivity contribution in [2.75, 3.05) is 6.54 Å². The Hall–Kier alpha value is -0.940. The third-order valence-corrected chi connectivity index (χ3v) is 2.67. The van der Waals surface area contributed by atoms with E-state index in [4.69, 9.17) is 5.11 Å². The zero-order valence-corrected chi connectivity index (χ0v) is 11.1. The number of halogens is 2. The zero-order valence-electron chi connectivity index (χ0n) is 9.54. The Morgan fingerprint density at radius 1 is 1.53 bits per heavy atom. The van der Waals surface area contributed by atoms with Crippen LogP contribution in [0.1, 0.15) is 30.1 Å². The molecule has 1 aromatic carbocycles. The molecule has 2 N–H and O–H groups in total. The molecule has 0 radical (unpaired) electrons. The second-order valence-corrected chi connectivity index (χ2v) is 4.82. The van der Waals surface area contributed by atoms with Crippen molar-refractivity contribution >= 4 is 21.8 Å². The van der Waals surface area contributed by atoms with Crippen molar-refractivity contribution in [1.82, 2.24) is 5.32 Å². The number of aliphatic hydroxyl groups excluding tert-OH is 1. The van der Waals surface area contributed by atoms with E-state index in [0.717, 1.165) is 0 Å². The molecule has 0 spiro atoms. The topological polar surface area (TPSA) is 49.3 Å². The third-order valence-electron chi connectivity index (χ3n) is 2.21. The number of amides is 1. The maximum absolute atomic E-state index is 13.0. The Labute approximate surface area is 108 Å². The molecule has 1 atom stereocenters. The molecule has 1 aromatic rings. The molecule has 0 saturated heterocycles. The van der Waals surface area contributed by atoms with Gasteiger partial charge in [0.05, 0.1) is 6.10 Å². The SMILES string of the molecule is CC(O)CCCNC(=O)c1cc(F)cc(Br)c1. The Morgan fingerprint density at radius 3 is 2.82 bits per heavy atom. The summed E-state index contributed by atoms with van der Waals surface area (Å²) in [7, 11) is 0. The standard InChI is InChI=1S/C12H15BrFNO2/c1-8(16)3-2-4-15-12(17)9-5-10(13)7-11(14)6-9/h5-8,16H,2-4H2,1H3,(H,15,17). The van der Waals surface area contributed by atoms with Crippen LogP contribution >= 0.6 is 15.9 Å². The van der Waals surface area contributed by atoms with Gasteiger partial charge in [0, 0.05) is 16.6 Å². The van der Waals surface area contributed by atoms with E-state index in [1.807, 2.05) is 0 Å². The highest BCUT2D eigenvalue weighted by atomic mass is 79.9. The average Bonchev–Trinajstić information content (AvgIpc) is 2.22. The van der Waals surface area contributed by atoms with Crippen LogP contribution < -0.4 is 5.32 Å². The van der Waals surface area contributed by atoms with E-state index in [9.17, 15) is 9.18 Å². The maximum atomic E-state index is 13.0. The third kappa shape index (κ3) is 5.28. The summed E-state index contributed by atoms with van der Waals surface area (Å²) in [5.41, 5.74) is 0.286.